The van der Waals surface area contributed by atoms with Crippen molar-refractivity contribution in [2.75, 3.05) is 0 Å². The zero-order chi connectivity index (χ0) is 15.8. The molecule has 0 bridgehead atoms. The van der Waals surface area contributed by atoms with E-state index < -0.39 is 0 Å². The number of hydrogen-bond acceptors (Lipinski definition) is 1. The number of aromatic amines is 1. The molecule has 2 aromatic heterocycles. The summed E-state index contributed by atoms with van der Waals surface area (Å²) in [6.45, 7) is 4.34. The third-order valence-corrected chi connectivity index (χ3v) is 5.58. The number of rotatable bonds is 3. The number of benzene rings is 2. The third-order valence-electron chi connectivity index (χ3n) is 4.32. The van der Waals surface area contributed by atoms with Gasteiger partial charge in [-0.15, -0.1) is 11.3 Å². The van der Waals surface area contributed by atoms with E-state index in [0.717, 1.165) is 6.42 Å². The van der Waals surface area contributed by atoms with E-state index in [1.54, 1.807) is 0 Å². The van der Waals surface area contributed by atoms with Crippen LogP contribution in [0.1, 0.15) is 18.1 Å². The predicted molar refractivity (Wildman–Crippen MR) is 101 cm³/mol. The Labute approximate surface area is 140 Å². The minimum absolute atomic E-state index is 1.08. The fraction of sp³-hybridized carbons (Fsp3) is 0.143. The van der Waals surface area contributed by atoms with Gasteiger partial charge in [0.05, 0.1) is 10.6 Å². The molecule has 0 amide bonds. The van der Waals surface area contributed by atoms with E-state index in [2.05, 4.69) is 79.5 Å². The van der Waals surface area contributed by atoms with Gasteiger partial charge in [0, 0.05) is 10.4 Å². The van der Waals surface area contributed by atoms with Gasteiger partial charge in [-0.05, 0) is 48.1 Å². The molecule has 114 valence electrons. The van der Waals surface area contributed by atoms with Crippen molar-refractivity contribution in [3.05, 3.63) is 71.8 Å². The van der Waals surface area contributed by atoms with Crippen LogP contribution in [0.25, 0.3) is 31.9 Å². The van der Waals surface area contributed by atoms with E-state index in [1.165, 1.54) is 43.0 Å². The van der Waals surface area contributed by atoms with Crippen molar-refractivity contribution < 1.29 is 0 Å². The first kappa shape index (κ1) is 14.3. The summed E-state index contributed by atoms with van der Waals surface area (Å²) < 4.78 is 1.41. The lowest BCUT2D eigenvalue weighted by Crippen LogP contribution is -1.78. The average molecular weight is 317 g/mol. The van der Waals surface area contributed by atoms with Gasteiger partial charge in [0.15, 0.2) is 0 Å². The average Bonchev–Trinajstić information content (AvgIpc) is 3.21. The zero-order valence-electron chi connectivity index (χ0n) is 13.4. The molecule has 2 heteroatoms. The second-order valence-electron chi connectivity index (χ2n) is 5.95. The van der Waals surface area contributed by atoms with E-state index in [0.29, 0.717) is 0 Å². The van der Waals surface area contributed by atoms with E-state index in [9.17, 15) is 0 Å². The van der Waals surface area contributed by atoms with Crippen LogP contribution in [0.15, 0.2) is 60.7 Å². The van der Waals surface area contributed by atoms with Crippen LogP contribution in [-0.4, -0.2) is 4.98 Å². The highest BCUT2D eigenvalue weighted by molar-refractivity contribution is 7.22. The van der Waals surface area contributed by atoms with Gasteiger partial charge < -0.3 is 4.98 Å². The Bertz CT molecular complexity index is 957. The lowest BCUT2D eigenvalue weighted by atomic mass is 10.1. The van der Waals surface area contributed by atoms with Crippen molar-refractivity contribution >= 4 is 21.4 Å². The van der Waals surface area contributed by atoms with Crippen LogP contribution < -0.4 is 0 Å². The summed E-state index contributed by atoms with van der Waals surface area (Å²) in [6.07, 6.45) is 1.08. The van der Waals surface area contributed by atoms with Gasteiger partial charge in [-0.3, -0.25) is 0 Å². The molecule has 0 spiro atoms. The van der Waals surface area contributed by atoms with Gasteiger partial charge in [0.25, 0.3) is 0 Å². The Morgan fingerprint density at radius 1 is 0.913 bits per heavy atom. The van der Waals surface area contributed by atoms with Crippen LogP contribution in [-0.2, 0) is 6.42 Å². The molecular weight excluding hydrogens is 298 g/mol. The number of aryl methyl sites for hydroxylation is 2. The molecule has 0 aliphatic carbocycles. The number of aromatic nitrogens is 1. The minimum atomic E-state index is 1.08. The SMILES string of the molecule is CCc1cccc2cc(-c3ccc(-c4ccc(C)cc4)[nH]3)sc12. The zero-order valence-corrected chi connectivity index (χ0v) is 14.2. The van der Waals surface area contributed by atoms with Crippen molar-refractivity contribution in [2.45, 2.75) is 20.3 Å². The molecule has 4 rings (SSSR count). The molecule has 0 aliphatic heterocycles. The minimum Gasteiger partial charge on any atom is -0.354 e. The molecule has 2 aromatic carbocycles. The lowest BCUT2D eigenvalue weighted by molar-refractivity contribution is 1.16. The van der Waals surface area contributed by atoms with Crippen LogP contribution in [0.5, 0.6) is 0 Å². The van der Waals surface area contributed by atoms with Gasteiger partial charge in [0.1, 0.15) is 0 Å². The number of fused-ring (bicyclic) bond motifs is 1. The Balaban J connectivity index is 1.75. The van der Waals surface area contributed by atoms with E-state index in [1.807, 2.05) is 11.3 Å². The van der Waals surface area contributed by atoms with Gasteiger partial charge in [-0.2, -0.15) is 0 Å². The quantitative estimate of drug-likeness (QED) is 0.448. The van der Waals surface area contributed by atoms with Gasteiger partial charge in [0.2, 0.25) is 0 Å². The molecule has 0 saturated heterocycles. The van der Waals surface area contributed by atoms with Crippen LogP contribution in [0, 0.1) is 6.92 Å². The Morgan fingerprint density at radius 3 is 2.48 bits per heavy atom. The second-order valence-corrected chi connectivity index (χ2v) is 7.00. The molecule has 23 heavy (non-hydrogen) atoms. The van der Waals surface area contributed by atoms with Crippen molar-refractivity contribution in [1.29, 1.82) is 0 Å². The standard InChI is InChI=1S/C21H19NS/c1-3-15-5-4-6-17-13-20(23-21(15)17)19-12-11-18(22-19)16-9-7-14(2)8-10-16/h4-13,22H,3H2,1-2H3. The van der Waals surface area contributed by atoms with E-state index in [-0.39, 0.29) is 0 Å². The maximum Gasteiger partial charge on any atom is 0.0560 e. The number of hydrogen-bond donors (Lipinski definition) is 1. The van der Waals surface area contributed by atoms with Crippen LogP contribution >= 0.6 is 11.3 Å². The van der Waals surface area contributed by atoms with Gasteiger partial charge in [-0.1, -0.05) is 55.0 Å². The maximum absolute atomic E-state index is 3.57. The fourth-order valence-corrected chi connectivity index (χ4v) is 4.20. The first-order valence-corrected chi connectivity index (χ1v) is 8.84. The molecule has 0 saturated carbocycles. The Morgan fingerprint density at radius 2 is 1.70 bits per heavy atom. The number of thiophene rings is 1. The second kappa shape index (κ2) is 5.71. The molecule has 0 radical (unpaired) electrons. The van der Waals surface area contributed by atoms with E-state index >= 15 is 0 Å². The third kappa shape index (κ3) is 2.60. The smallest absolute Gasteiger partial charge is 0.0560 e. The van der Waals surface area contributed by atoms with Crippen LogP contribution in [0.3, 0.4) is 0 Å². The molecular formula is C21H19NS. The predicted octanol–water partition coefficient (Wildman–Crippen LogP) is 6.43. The number of H-pyrrole nitrogens is 1. The van der Waals surface area contributed by atoms with Crippen molar-refractivity contribution in [1.82, 2.24) is 4.98 Å². The summed E-state index contributed by atoms with van der Waals surface area (Å²) in [6, 6.07) is 21.9. The first-order valence-electron chi connectivity index (χ1n) is 8.02. The number of nitrogens with one attached hydrogen (secondary N) is 1. The topological polar surface area (TPSA) is 15.8 Å². The molecule has 1 N–H and O–H groups in total. The molecule has 0 unspecified atom stereocenters. The fourth-order valence-electron chi connectivity index (χ4n) is 2.97. The van der Waals surface area contributed by atoms with Crippen LogP contribution in [0.4, 0.5) is 0 Å². The Hall–Kier alpha value is -2.32. The summed E-state index contributed by atoms with van der Waals surface area (Å²) in [5.41, 5.74) is 6.33. The highest BCUT2D eigenvalue weighted by Crippen LogP contribution is 2.36. The largest absolute Gasteiger partial charge is 0.354 e. The summed E-state index contributed by atoms with van der Waals surface area (Å²) >= 11 is 1.88. The van der Waals surface area contributed by atoms with Crippen molar-refractivity contribution in [3.8, 4) is 21.8 Å². The summed E-state index contributed by atoms with van der Waals surface area (Å²) in [7, 11) is 0. The maximum atomic E-state index is 3.57. The lowest BCUT2D eigenvalue weighted by Gasteiger charge is -1.99. The monoisotopic (exact) mass is 317 g/mol. The normalized spacial score (nSPS) is 11.2. The molecule has 1 nitrogen and oxygen atoms in total. The molecule has 0 fully saturated rings. The summed E-state index contributed by atoms with van der Waals surface area (Å²) in [5, 5.41) is 1.34. The highest BCUT2D eigenvalue weighted by atomic mass is 32.1. The van der Waals surface area contributed by atoms with Crippen molar-refractivity contribution in [3.63, 3.8) is 0 Å². The summed E-state index contributed by atoms with van der Waals surface area (Å²) in [4.78, 5) is 4.88. The Kier molecular flexibility index (Phi) is 3.55. The van der Waals surface area contributed by atoms with Gasteiger partial charge in [-0.25, -0.2) is 0 Å². The molecule has 2 heterocycles. The molecule has 0 atom stereocenters. The summed E-state index contributed by atoms with van der Waals surface area (Å²) in [5.74, 6) is 0. The van der Waals surface area contributed by atoms with Gasteiger partial charge >= 0.3 is 0 Å². The highest BCUT2D eigenvalue weighted by Gasteiger charge is 2.09. The molecule has 4 aromatic rings. The first-order chi connectivity index (χ1) is 11.2. The molecule has 0 aliphatic rings. The van der Waals surface area contributed by atoms with Crippen molar-refractivity contribution in [2.24, 2.45) is 0 Å². The van der Waals surface area contributed by atoms with Crippen LogP contribution in [0.2, 0.25) is 0 Å². The van der Waals surface area contributed by atoms with E-state index in [4.69, 9.17) is 0 Å².